The van der Waals surface area contributed by atoms with E-state index in [2.05, 4.69) is 10.4 Å². The summed E-state index contributed by atoms with van der Waals surface area (Å²) in [6.07, 6.45) is -4.57. The van der Waals surface area contributed by atoms with E-state index in [4.69, 9.17) is 16.3 Å². The van der Waals surface area contributed by atoms with Gasteiger partial charge in [0.2, 0.25) is 0 Å². The Labute approximate surface area is 197 Å². The number of aryl methyl sites for hydroxylation is 1. The number of hydrogen-bond acceptors (Lipinski definition) is 5. The van der Waals surface area contributed by atoms with Crippen LogP contribution >= 0.6 is 23.4 Å². The molecule has 2 aromatic carbocycles. The Balaban J connectivity index is 1.95. The predicted octanol–water partition coefficient (Wildman–Crippen LogP) is 5.76. The normalized spacial score (nSPS) is 12.3. The van der Waals surface area contributed by atoms with Crippen molar-refractivity contribution in [3.63, 3.8) is 0 Å². The van der Waals surface area contributed by atoms with Gasteiger partial charge in [0.05, 0.1) is 34.6 Å². The fourth-order valence-electron chi connectivity index (χ4n) is 2.97. The molecule has 1 aromatic heterocycles. The van der Waals surface area contributed by atoms with Gasteiger partial charge in [-0.1, -0.05) is 23.7 Å². The molecular weight excluding hydrogens is 479 g/mol. The average molecular weight is 498 g/mol. The number of thioether (sulfide) groups is 1. The smallest absolute Gasteiger partial charge is 0.416 e. The molecule has 1 unspecified atom stereocenters. The van der Waals surface area contributed by atoms with E-state index in [1.807, 2.05) is 0 Å². The zero-order valence-corrected chi connectivity index (χ0v) is 19.3. The third kappa shape index (κ3) is 5.69. The van der Waals surface area contributed by atoms with Crippen molar-refractivity contribution in [2.45, 2.75) is 30.2 Å². The van der Waals surface area contributed by atoms with Crippen molar-refractivity contribution < 1.29 is 27.5 Å². The molecular formula is C22H19ClF3N3O3S. The Morgan fingerprint density at radius 3 is 2.55 bits per heavy atom. The molecule has 3 rings (SSSR count). The molecule has 1 amide bonds. The third-order valence-corrected chi connectivity index (χ3v) is 6.02. The third-order valence-electron chi connectivity index (χ3n) is 4.54. The number of carbonyl (C=O) groups is 2. The van der Waals surface area contributed by atoms with Crippen LogP contribution in [-0.2, 0) is 15.7 Å². The maximum atomic E-state index is 13.2. The lowest BCUT2D eigenvalue weighted by atomic mass is 10.2. The fraction of sp³-hybridized carbons (Fsp3) is 0.227. The van der Waals surface area contributed by atoms with Gasteiger partial charge in [0.15, 0.2) is 0 Å². The van der Waals surface area contributed by atoms with Crippen LogP contribution in [0.2, 0.25) is 5.02 Å². The molecule has 1 atom stereocenters. The summed E-state index contributed by atoms with van der Waals surface area (Å²) in [5.74, 6) is -0.831. The number of anilines is 1. The SMILES string of the molecule is COC(=O)C(C)Sc1ccccc1C(=O)Nc1cc(C)nn1-c1cc(C(F)(F)F)ccc1Cl. The van der Waals surface area contributed by atoms with E-state index in [0.29, 0.717) is 10.6 Å². The first-order chi connectivity index (χ1) is 15.5. The van der Waals surface area contributed by atoms with Gasteiger partial charge < -0.3 is 10.1 Å². The van der Waals surface area contributed by atoms with E-state index in [9.17, 15) is 22.8 Å². The minimum Gasteiger partial charge on any atom is -0.468 e. The number of rotatable bonds is 6. The first kappa shape index (κ1) is 24.7. The summed E-state index contributed by atoms with van der Waals surface area (Å²) >= 11 is 7.30. The number of nitrogens with one attached hydrogen (secondary N) is 1. The first-order valence-electron chi connectivity index (χ1n) is 9.60. The first-order valence-corrected chi connectivity index (χ1v) is 10.9. The maximum absolute atomic E-state index is 13.2. The molecule has 0 fully saturated rings. The Morgan fingerprint density at radius 2 is 1.88 bits per heavy atom. The summed E-state index contributed by atoms with van der Waals surface area (Å²) < 4.78 is 45.5. The summed E-state index contributed by atoms with van der Waals surface area (Å²) in [6, 6.07) is 11.0. The van der Waals surface area contributed by atoms with Gasteiger partial charge in [-0.2, -0.15) is 18.3 Å². The Bertz CT molecular complexity index is 1200. The summed E-state index contributed by atoms with van der Waals surface area (Å²) in [7, 11) is 1.28. The number of hydrogen-bond donors (Lipinski definition) is 1. The molecule has 0 bridgehead atoms. The lowest BCUT2D eigenvalue weighted by Crippen LogP contribution is -2.18. The molecule has 11 heteroatoms. The van der Waals surface area contributed by atoms with Crippen LogP contribution in [0.3, 0.4) is 0 Å². The van der Waals surface area contributed by atoms with Gasteiger partial charge >= 0.3 is 12.1 Å². The highest BCUT2D eigenvalue weighted by Gasteiger charge is 2.31. The van der Waals surface area contributed by atoms with Crippen molar-refractivity contribution in [2.75, 3.05) is 12.4 Å². The van der Waals surface area contributed by atoms with Gasteiger partial charge in [-0.25, -0.2) is 4.68 Å². The Hall–Kier alpha value is -2.98. The molecule has 0 radical (unpaired) electrons. The van der Waals surface area contributed by atoms with E-state index in [1.165, 1.54) is 13.2 Å². The number of alkyl halides is 3. The van der Waals surface area contributed by atoms with Gasteiger partial charge in [-0.15, -0.1) is 11.8 Å². The Kier molecular flexibility index (Phi) is 7.38. The van der Waals surface area contributed by atoms with Gasteiger partial charge in [0, 0.05) is 11.0 Å². The summed E-state index contributed by atoms with van der Waals surface area (Å²) in [5.41, 5.74) is -0.192. The molecule has 1 heterocycles. The second-order valence-electron chi connectivity index (χ2n) is 6.98. The van der Waals surface area contributed by atoms with E-state index in [1.54, 1.807) is 38.1 Å². The number of halogens is 4. The molecule has 174 valence electrons. The van der Waals surface area contributed by atoms with E-state index < -0.39 is 28.9 Å². The largest absolute Gasteiger partial charge is 0.468 e. The van der Waals surface area contributed by atoms with E-state index in [-0.39, 0.29) is 22.1 Å². The van der Waals surface area contributed by atoms with Crippen LogP contribution in [0.15, 0.2) is 53.4 Å². The monoisotopic (exact) mass is 497 g/mol. The average Bonchev–Trinajstić information content (AvgIpc) is 3.12. The molecule has 1 N–H and O–H groups in total. The van der Waals surface area contributed by atoms with Crippen LogP contribution in [0.25, 0.3) is 5.69 Å². The number of methoxy groups -OCH3 is 1. The van der Waals surface area contributed by atoms with Crippen molar-refractivity contribution in [1.82, 2.24) is 9.78 Å². The molecule has 0 aliphatic rings. The van der Waals surface area contributed by atoms with Crippen LogP contribution in [0.5, 0.6) is 0 Å². The van der Waals surface area contributed by atoms with Crippen LogP contribution in [0.4, 0.5) is 19.0 Å². The molecule has 3 aromatic rings. The standard InChI is InChI=1S/C22H19ClF3N3O3S/c1-12-10-19(29(28-12)17-11-14(22(24,25)26)8-9-16(17)23)27-20(30)15-6-4-5-7-18(15)33-13(2)21(31)32-3/h4-11,13H,1-3H3,(H,27,30). The predicted molar refractivity (Wildman–Crippen MR) is 120 cm³/mol. The van der Waals surface area contributed by atoms with Crippen molar-refractivity contribution >= 4 is 41.1 Å². The maximum Gasteiger partial charge on any atom is 0.416 e. The van der Waals surface area contributed by atoms with Crippen LogP contribution in [0.1, 0.15) is 28.5 Å². The highest BCUT2D eigenvalue weighted by Crippen LogP contribution is 2.34. The topological polar surface area (TPSA) is 73.2 Å². The van der Waals surface area contributed by atoms with Crippen LogP contribution in [-0.4, -0.2) is 34.0 Å². The van der Waals surface area contributed by atoms with Gasteiger partial charge in [0.1, 0.15) is 11.1 Å². The fourth-order valence-corrected chi connectivity index (χ4v) is 4.18. The molecule has 0 spiro atoms. The summed E-state index contributed by atoms with van der Waals surface area (Å²) in [5, 5.41) is 6.36. The highest BCUT2D eigenvalue weighted by atomic mass is 35.5. The number of nitrogens with zero attached hydrogens (tertiary/aromatic N) is 2. The molecule has 0 aliphatic heterocycles. The summed E-state index contributed by atoms with van der Waals surface area (Å²) in [4.78, 5) is 25.4. The van der Waals surface area contributed by atoms with Crippen molar-refractivity contribution in [1.29, 1.82) is 0 Å². The van der Waals surface area contributed by atoms with Gasteiger partial charge in [-0.05, 0) is 44.2 Å². The van der Waals surface area contributed by atoms with Crippen molar-refractivity contribution in [2.24, 2.45) is 0 Å². The van der Waals surface area contributed by atoms with Crippen molar-refractivity contribution in [3.05, 3.63) is 70.4 Å². The van der Waals surface area contributed by atoms with Gasteiger partial charge in [0.25, 0.3) is 5.91 Å². The van der Waals surface area contributed by atoms with Crippen LogP contribution < -0.4 is 5.32 Å². The minimum absolute atomic E-state index is 0.0307. The van der Waals surface area contributed by atoms with Crippen molar-refractivity contribution in [3.8, 4) is 5.69 Å². The molecule has 0 aliphatic carbocycles. The second kappa shape index (κ2) is 9.88. The molecule has 0 saturated carbocycles. The molecule has 6 nitrogen and oxygen atoms in total. The van der Waals surface area contributed by atoms with Gasteiger partial charge in [-0.3, -0.25) is 9.59 Å². The number of carbonyl (C=O) groups excluding carboxylic acids is 2. The van der Waals surface area contributed by atoms with E-state index in [0.717, 1.165) is 34.6 Å². The number of ether oxygens (including phenoxy) is 1. The summed E-state index contributed by atoms with van der Waals surface area (Å²) in [6.45, 7) is 3.29. The molecule has 0 saturated heterocycles. The number of esters is 1. The quantitative estimate of drug-likeness (QED) is 0.346. The van der Waals surface area contributed by atoms with Crippen LogP contribution in [0, 0.1) is 6.92 Å². The number of aromatic nitrogens is 2. The highest BCUT2D eigenvalue weighted by molar-refractivity contribution is 8.00. The zero-order valence-electron chi connectivity index (χ0n) is 17.7. The number of benzene rings is 2. The Morgan fingerprint density at radius 1 is 1.18 bits per heavy atom. The number of amides is 1. The second-order valence-corrected chi connectivity index (χ2v) is 8.77. The lowest BCUT2D eigenvalue weighted by Gasteiger charge is -2.15. The zero-order chi connectivity index (χ0) is 24.3. The van der Waals surface area contributed by atoms with E-state index >= 15 is 0 Å². The minimum atomic E-state index is -4.57. The lowest BCUT2D eigenvalue weighted by molar-refractivity contribution is -0.139. The molecule has 33 heavy (non-hydrogen) atoms.